The maximum absolute atomic E-state index is 12.1. The van der Waals surface area contributed by atoms with Crippen molar-refractivity contribution in [1.82, 2.24) is 9.62 Å². The quantitative estimate of drug-likeness (QED) is 0.664. The van der Waals surface area contributed by atoms with Gasteiger partial charge in [-0.3, -0.25) is 0 Å². The van der Waals surface area contributed by atoms with Crippen molar-refractivity contribution in [3.8, 4) is 0 Å². The summed E-state index contributed by atoms with van der Waals surface area (Å²) in [5.74, 6) is 0.240. The maximum atomic E-state index is 12.1. The molecule has 112 valence electrons. The zero-order chi connectivity index (χ0) is 14.8. The average Bonchev–Trinajstić information content (AvgIpc) is 2.38. The van der Waals surface area contributed by atoms with E-state index in [-0.39, 0.29) is 12.0 Å². The highest BCUT2D eigenvalue weighted by Gasteiger charge is 2.36. The fourth-order valence-electron chi connectivity index (χ4n) is 2.67. The van der Waals surface area contributed by atoms with Crippen molar-refractivity contribution < 1.29 is 8.42 Å². The van der Waals surface area contributed by atoms with Gasteiger partial charge < -0.3 is 16.8 Å². The van der Waals surface area contributed by atoms with Gasteiger partial charge in [0.15, 0.2) is 5.96 Å². The summed E-state index contributed by atoms with van der Waals surface area (Å²) < 4.78 is 25.6. The van der Waals surface area contributed by atoms with E-state index in [0.29, 0.717) is 13.0 Å². The van der Waals surface area contributed by atoms with Crippen LogP contribution in [0, 0.1) is 0 Å². The average molecular weight is 299 g/mol. The molecular weight excluding hydrogens is 278 g/mol. The zero-order valence-corrected chi connectivity index (χ0v) is 12.1. The maximum Gasteiger partial charge on any atom is 0.235 e. The molecule has 2 aliphatic heterocycles. The monoisotopic (exact) mass is 299 g/mol. The van der Waals surface area contributed by atoms with E-state index in [0.717, 1.165) is 24.7 Å². The van der Waals surface area contributed by atoms with E-state index in [1.54, 1.807) is 12.3 Å². The van der Waals surface area contributed by atoms with Crippen molar-refractivity contribution in [3.05, 3.63) is 24.3 Å². The predicted molar refractivity (Wildman–Crippen MR) is 78.9 cm³/mol. The number of hydrogen-bond acceptors (Lipinski definition) is 6. The summed E-state index contributed by atoms with van der Waals surface area (Å²) in [6.07, 6.45) is 6.34. The van der Waals surface area contributed by atoms with Crippen LogP contribution in [0.4, 0.5) is 0 Å². The van der Waals surface area contributed by atoms with Gasteiger partial charge in [0.2, 0.25) is 10.0 Å². The van der Waals surface area contributed by atoms with E-state index in [2.05, 4.69) is 16.9 Å². The molecule has 2 rings (SSSR count). The normalized spacial score (nSPS) is 31.4. The van der Waals surface area contributed by atoms with Crippen molar-refractivity contribution in [2.45, 2.75) is 37.4 Å². The molecule has 2 aliphatic rings. The minimum Gasteiger partial charge on any atom is -0.370 e. The molecule has 2 heterocycles. The third-order valence-corrected chi connectivity index (χ3v) is 5.16. The van der Waals surface area contributed by atoms with Gasteiger partial charge in [-0.25, -0.2) is 13.4 Å². The number of hydrogen-bond donors (Lipinski definition) is 3. The van der Waals surface area contributed by atoms with E-state index < -0.39 is 15.7 Å². The molecule has 5 N–H and O–H groups in total. The largest absolute Gasteiger partial charge is 0.370 e. The lowest BCUT2D eigenvalue weighted by Crippen LogP contribution is -2.51. The highest BCUT2D eigenvalue weighted by atomic mass is 32.2. The predicted octanol–water partition coefficient (Wildman–Crippen LogP) is -0.209. The van der Waals surface area contributed by atoms with Gasteiger partial charge in [-0.2, -0.15) is 4.31 Å². The van der Waals surface area contributed by atoms with Gasteiger partial charge in [0.1, 0.15) is 5.66 Å². The fourth-order valence-corrected chi connectivity index (χ4v) is 3.84. The van der Waals surface area contributed by atoms with E-state index in [1.807, 2.05) is 0 Å². The van der Waals surface area contributed by atoms with Gasteiger partial charge in [-0.15, -0.1) is 0 Å². The molecule has 20 heavy (non-hydrogen) atoms. The first-order valence-electron chi connectivity index (χ1n) is 6.59. The first-order valence-corrected chi connectivity index (χ1v) is 8.09. The third kappa shape index (κ3) is 3.20. The van der Waals surface area contributed by atoms with Gasteiger partial charge in [0.25, 0.3) is 0 Å². The van der Waals surface area contributed by atoms with Gasteiger partial charge >= 0.3 is 0 Å². The van der Waals surface area contributed by atoms with Crippen molar-refractivity contribution >= 4 is 16.0 Å². The van der Waals surface area contributed by atoms with Crippen LogP contribution in [0.2, 0.25) is 0 Å². The number of nitrogens with zero attached hydrogens (tertiary/aromatic N) is 2. The number of aliphatic imine (C=N–C) groups is 1. The van der Waals surface area contributed by atoms with Crippen LogP contribution >= 0.6 is 0 Å². The lowest BCUT2D eigenvalue weighted by Gasteiger charge is -2.38. The van der Waals surface area contributed by atoms with Crippen LogP contribution in [0.15, 0.2) is 29.3 Å². The van der Waals surface area contributed by atoms with Gasteiger partial charge in [0.05, 0.1) is 0 Å². The first-order chi connectivity index (χ1) is 9.36. The molecule has 1 saturated heterocycles. The van der Waals surface area contributed by atoms with Crippen molar-refractivity contribution in [2.24, 2.45) is 16.5 Å². The lowest BCUT2D eigenvalue weighted by atomic mass is 9.94. The van der Waals surface area contributed by atoms with Crippen LogP contribution in [0.1, 0.15) is 25.7 Å². The highest BCUT2D eigenvalue weighted by molar-refractivity contribution is 7.92. The second-order valence-corrected chi connectivity index (χ2v) is 6.97. The third-order valence-electron chi connectivity index (χ3n) is 3.60. The van der Waals surface area contributed by atoms with Crippen LogP contribution in [0.25, 0.3) is 0 Å². The van der Waals surface area contributed by atoms with Gasteiger partial charge in [0, 0.05) is 30.6 Å². The SMILES string of the molecule is C=CS(=O)(=O)N1CCCCC1CC1(N)C=CNC(N)=N1. The molecule has 0 aliphatic carbocycles. The van der Waals surface area contributed by atoms with Gasteiger partial charge in [-0.1, -0.05) is 13.0 Å². The molecule has 0 aromatic heterocycles. The van der Waals surface area contributed by atoms with Crippen molar-refractivity contribution in [1.29, 1.82) is 0 Å². The summed E-state index contributed by atoms with van der Waals surface area (Å²) in [4.78, 5) is 4.18. The lowest BCUT2D eigenvalue weighted by molar-refractivity contribution is 0.218. The number of sulfonamides is 1. The van der Waals surface area contributed by atoms with Crippen molar-refractivity contribution in [2.75, 3.05) is 6.54 Å². The Hall–Kier alpha value is -1.38. The Morgan fingerprint density at radius 2 is 2.35 bits per heavy atom. The minimum atomic E-state index is -3.44. The molecule has 0 radical (unpaired) electrons. The second kappa shape index (κ2) is 5.55. The summed E-state index contributed by atoms with van der Waals surface area (Å²) in [5, 5.41) is 3.74. The molecule has 2 atom stereocenters. The van der Waals surface area contributed by atoms with E-state index in [9.17, 15) is 8.42 Å². The standard InChI is InChI=1S/C12H21N5O2S/c1-2-20(18,19)17-8-4-3-5-10(17)9-12(14)6-7-15-11(13)16-12/h2,6-7,10H,1,3-5,8-9,14H2,(H3,13,15,16). The molecule has 0 aromatic rings. The van der Waals surface area contributed by atoms with Crippen LogP contribution in [0.5, 0.6) is 0 Å². The molecule has 1 fully saturated rings. The van der Waals surface area contributed by atoms with Crippen molar-refractivity contribution in [3.63, 3.8) is 0 Å². The minimum absolute atomic E-state index is 0.184. The molecular formula is C12H21N5O2S. The molecule has 0 spiro atoms. The zero-order valence-electron chi connectivity index (χ0n) is 11.3. The molecule has 0 bridgehead atoms. The Kier molecular flexibility index (Phi) is 4.17. The van der Waals surface area contributed by atoms with E-state index in [1.165, 1.54) is 4.31 Å². The number of piperidine rings is 1. The summed E-state index contributed by atoms with van der Waals surface area (Å²) >= 11 is 0. The Balaban J connectivity index is 2.19. The molecule has 8 heteroatoms. The highest BCUT2D eigenvalue weighted by Crippen LogP contribution is 2.28. The Bertz CT molecular complexity index is 542. The molecule has 2 unspecified atom stereocenters. The summed E-state index contributed by atoms with van der Waals surface area (Å²) in [5.41, 5.74) is 10.8. The smallest absolute Gasteiger partial charge is 0.235 e. The van der Waals surface area contributed by atoms with Gasteiger partial charge in [-0.05, 0) is 18.9 Å². The molecule has 0 saturated carbocycles. The number of rotatable bonds is 4. The fraction of sp³-hybridized carbons (Fsp3) is 0.583. The summed E-state index contributed by atoms with van der Waals surface area (Å²) in [7, 11) is -3.44. The Morgan fingerprint density at radius 1 is 1.60 bits per heavy atom. The van der Waals surface area contributed by atoms with E-state index in [4.69, 9.17) is 11.5 Å². The Morgan fingerprint density at radius 3 is 3.00 bits per heavy atom. The first kappa shape index (κ1) is 15.0. The topological polar surface area (TPSA) is 114 Å². The number of guanidine groups is 1. The second-order valence-electron chi connectivity index (χ2n) is 5.14. The molecule has 7 nitrogen and oxygen atoms in total. The number of nitrogens with one attached hydrogen (secondary N) is 1. The molecule has 0 aromatic carbocycles. The van der Waals surface area contributed by atoms with Crippen LogP contribution in [-0.4, -0.2) is 36.9 Å². The summed E-state index contributed by atoms with van der Waals surface area (Å²) in [6.45, 7) is 3.88. The molecule has 0 amide bonds. The van der Waals surface area contributed by atoms with Crippen LogP contribution < -0.4 is 16.8 Å². The number of nitrogens with two attached hydrogens (primary N) is 2. The van der Waals surface area contributed by atoms with Crippen LogP contribution in [-0.2, 0) is 10.0 Å². The van der Waals surface area contributed by atoms with Crippen LogP contribution in [0.3, 0.4) is 0 Å². The summed E-state index contributed by atoms with van der Waals surface area (Å²) in [6, 6.07) is -0.184. The van der Waals surface area contributed by atoms with E-state index >= 15 is 0 Å². The Labute approximate surface area is 119 Å².